The zero-order valence-electron chi connectivity index (χ0n) is 11.3. The van der Waals surface area contributed by atoms with E-state index in [0.29, 0.717) is 6.54 Å². The third-order valence-corrected chi connectivity index (χ3v) is 3.95. The highest BCUT2D eigenvalue weighted by molar-refractivity contribution is 5.44. The summed E-state index contributed by atoms with van der Waals surface area (Å²) in [7, 11) is 5.34. The third-order valence-electron chi connectivity index (χ3n) is 3.95. The number of hydrogen-bond acceptors (Lipinski definition) is 4. The van der Waals surface area contributed by atoms with E-state index in [9.17, 15) is 0 Å². The summed E-state index contributed by atoms with van der Waals surface area (Å²) in [6, 6.07) is 6.12. The maximum atomic E-state index is 5.93. The van der Waals surface area contributed by atoms with Gasteiger partial charge in [0.15, 0.2) is 0 Å². The van der Waals surface area contributed by atoms with Crippen LogP contribution < -0.4 is 20.5 Å². The van der Waals surface area contributed by atoms with Gasteiger partial charge in [-0.2, -0.15) is 0 Å². The van der Waals surface area contributed by atoms with E-state index >= 15 is 0 Å². The lowest BCUT2D eigenvalue weighted by molar-refractivity contribution is 0.340. The van der Waals surface area contributed by atoms with Crippen molar-refractivity contribution in [1.29, 1.82) is 0 Å². The van der Waals surface area contributed by atoms with E-state index in [0.717, 1.165) is 29.9 Å². The Morgan fingerprint density at radius 2 is 2.06 bits per heavy atom. The van der Waals surface area contributed by atoms with Gasteiger partial charge in [-0.25, -0.2) is 0 Å². The lowest BCUT2D eigenvalue weighted by Gasteiger charge is -2.27. The van der Waals surface area contributed by atoms with Crippen molar-refractivity contribution in [1.82, 2.24) is 5.32 Å². The van der Waals surface area contributed by atoms with Crippen LogP contribution in [0.4, 0.5) is 0 Å². The van der Waals surface area contributed by atoms with Crippen LogP contribution in [0.15, 0.2) is 18.2 Å². The maximum Gasteiger partial charge on any atom is 0.123 e. The zero-order chi connectivity index (χ0) is 13.2. The van der Waals surface area contributed by atoms with Crippen molar-refractivity contribution in [2.45, 2.75) is 18.9 Å². The maximum absolute atomic E-state index is 5.93. The molecule has 4 nitrogen and oxygen atoms in total. The summed E-state index contributed by atoms with van der Waals surface area (Å²) >= 11 is 0. The molecule has 1 fully saturated rings. The number of benzene rings is 1. The van der Waals surface area contributed by atoms with Crippen LogP contribution in [-0.4, -0.2) is 27.8 Å². The average Bonchev–Trinajstić information content (AvgIpc) is 3.20. The SMILES string of the molecule is CNC(c1cc(OC)ccc1OC)C1(CN)CC1. The van der Waals surface area contributed by atoms with E-state index < -0.39 is 0 Å². The van der Waals surface area contributed by atoms with E-state index in [2.05, 4.69) is 5.32 Å². The monoisotopic (exact) mass is 250 g/mol. The highest BCUT2D eigenvalue weighted by atomic mass is 16.5. The van der Waals surface area contributed by atoms with E-state index in [-0.39, 0.29) is 11.5 Å². The Kier molecular flexibility index (Phi) is 3.78. The van der Waals surface area contributed by atoms with Gasteiger partial charge in [-0.05, 0) is 44.6 Å². The molecule has 1 aliphatic carbocycles. The Morgan fingerprint density at radius 1 is 1.33 bits per heavy atom. The molecule has 1 aromatic rings. The minimum atomic E-state index is 0.175. The second-order valence-corrected chi connectivity index (χ2v) is 4.90. The first-order chi connectivity index (χ1) is 8.70. The highest BCUT2D eigenvalue weighted by Crippen LogP contribution is 2.55. The molecule has 2 rings (SSSR count). The van der Waals surface area contributed by atoms with Crippen LogP contribution >= 0.6 is 0 Å². The van der Waals surface area contributed by atoms with Gasteiger partial charge in [0.05, 0.1) is 14.2 Å². The fourth-order valence-corrected chi connectivity index (χ4v) is 2.63. The van der Waals surface area contributed by atoms with Gasteiger partial charge in [0.25, 0.3) is 0 Å². The fraction of sp³-hybridized carbons (Fsp3) is 0.571. The summed E-state index contributed by atoms with van der Waals surface area (Å²) in [5, 5.41) is 3.38. The Hall–Kier alpha value is -1.26. The lowest BCUT2D eigenvalue weighted by atomic mass is 9.89. The van der Waals surface area contributed by atoms with Gasteiger partial charge in [0.2, 0.25) is 0 Å². The second-order valence-electron chi connectivity index (χ2n) is 4.90. The molecule has 0 saturated heterocycles. The van der Waals surface area contributed by atoms with Crippen LogP contribution in [0, 0.1) is 5.41 Å². The molecule has 1 aliphatic rings. The molecule has 3 N–H and O–H groups in total. The Morgan fingerprint density at radius 3 is 2.50 bits per heavy atom. The third kappa shape index (κ3) is 2.18. The summed E-state index contributed by atoms with van der Waals surface area (Å²) in [6.07, 6.45) is 2.32. The van der Waals surface area contributed by atoms with Crippen molar-refractivity contribution >= 4 is 0 Å². The smallest absolute Gasteiger partial charge is 0.123 e. The summed E-state index contributed by atoms with van der Waals surface area (Å²) < 4.78 is 10.8. The minimum absolute atomic E-state index is 0.175. The van der Waals surface area contributed by atoms with Crippen molar-refractivity contribution in [3.8, 4) is 11.5 Å². The summed E-state index contributed by atoms with van der Waals surface area (Å²) in [5.41, 5.74) is 7.23. The Bertz CT molecular complexity index is 416. The molecular weight excluding hydrogens is 228 g/mol. The molecular formula is C14H22N2O2. The van der Waals surface area contributed by atoms with Gasteiger partial charge < -0.3 is 20.5 Å². The largest absolute Gasteiger partial charge is 0.497 e. The minimum Gasteiger partial charge on any atom is -0.497 e. The molecule has 1 saturated carbocycles. The van der Waals surface area contributed by atoms with E-state index in [1.807, 2.05) is 25.2 Å². The summed E-state index contributed by atoms with van der Waals surface area (Å²) in [5.74, 6) is 1.73. The highest BCUT2D eigenvalue weighted by Gasteiger charge is 2.49. The second kappa shape index (κ2) is 5.16. The van der Waals surface area contributed by atoms with Gasteiger partial charge in [0, 0.05) is 17.0 Å². The van der Waals surface area contributed by atoms with Crippen molar-refractivity contribution < 1.29 is 9.47 Å². The van der Waals surface area contributed by atoms with Crippen LogP contribution in [0.5, 0.6) is 11.5 Å². The van der Waals surface area contributed by atoms with Crippen molar-refractivity contribution in [2.75, 3.05) is 27.8 Å². The normalized spacial score (nSPS) is 18.2. The summed E-state index contributed by atoms with van der Waals surface area (Å²) in [4.78, 5) is 0. The molecule has 0 radical (unpaired) electrons. The standard InChI is InChI=1S/C14H22N2O2/c1-16-13(14(9-15)6-7-14)11-8-10(17-2)4-5-12(11)18-3/h4-5,8,13,16H,6-7,9,15H2,1-3H3. The molecule has 0 bridgehead atoms. The average molecular weight is 250 g/mol. The van der Waals surface area contributed by atoms with Crippen LogP contribution in [0.3, 0.4) is 0 Å². The van der Waals surface area contributed by atoms with Crippen molar-refractivity contribution in [3.05, 3.63) is 23.8 Å². The Labute approximate surface area is 108 Å². The number of nitrogens with one attached hydrogen (secondary N) is 1. The molecule has 0 spiro atoms. The predicted molar refractivity (Wildman–Crippen MR) is 72.1 cm³/mol. The van der Waals surface area contributed by atoms with Crippen LogP contribution in [0.1, 0.15) is 24.4 Å². The molecule has 0 amide bonds. The molecule has 100 valence electrons. The Balaban J connectivity index is 2.40. The molecule has 4 heteroatoms. The van der Waals surface area contributed by atoms with Gasteiger partial charge in [0.1, 0.15) is 11.5 Å². The van der Waals surface area contributed by atoms with Gasteiger partial charge in [-0.15, -0.1) is 0 Å². The van der Waals surface area contributed by atoms with Gasteiger partial charge in [-0.1, -0.05) is 0 Å². The van der Waals surface area contributed by atoms with Crippen molar-refractivity contribution in [3.63, 3.8) is 0 Å². The first-order valence-electron chi connectivity index (χ1n) is 6.30. The number of ether oxygens (including phenoxy) is 2. The topological polar surface area (TPSA) is 56.5 Å². The number of methoxy groups -OCH3 is 2. The van der Waals surface area contributed by atoms with Gasteiger partial charge >= 0.3 is 0 Å². The summed E-state index contributed by atoms with van der Waals surface area (Å²) in [6.45, 7) is 0.693. The first-order valence-corrected chi connectivity index (χ1v) is 6.30. The molecule has 0 aromatic heterocycles. The van der Waals surface area contributed by atoms with E-state index in [1.54, 1.807) is 14.2 Å². The van der Waals surface area contributed by atoms with Crippen LogP contribution in [0.2, 0.25) is 0 Å². The van der Waals surface area contributed by atoms with E-state index in [4.69, 9.17) is 15.2 Å². The molecule has 1 aromatic carbocycles. The number of hydrogen-bond donors (Lipinski definition) is 2. The van der Waals surface area contributed by atoms with Crippen molar-refractivity contribution in [2.24, 2.45) is 11.1 Å². The van der Waals surface area contributed by atoms with Gasteiger partial charge in [-0.3, -0.25) is 0 Å². The predicted octanol–water partition coefficient (Wildman–Crippen LogP) is 1.70. The molecule has 1 atom stereocenters. The van der Waals surface area contributed by atoms with E-state index in [1.165, 1.54) is 0 Å². The lowest BCUT2D eigenvalue weighted by Crippen LogP contribution is -2.32. The number of rotatable bonds is 6. The quantitative estimate of drug-likeness (QED) is 0.807. The fourth-order valence-electron chi connectivity index (χ4n) is 2.63. The molecule has 0 aliphatic heterocycles. The first kappa shape index (κ1) is 13.2. The molecule has 0 heterocycles. The number of nitrogens with two attached hydrogens (primary N) is 1. The zero-order valence-corrected chi connectivity index (χ0v) is 11.3. The molecule has 18 heavy (non-hydrogen) atoms. The van der Waals surface area contributed by atoms with Crippen LogP contribution in [0.25, 0.3) is 0 Å². The molecule has 1 unspecified atom stereocenters. The van der Waals surface area contributed by atoms with Crippen LogP contribution in [-0.2, 0) is 0 Å².